The van der Waals surface area contributed by atoms with E-state index in [0.29, 0.717) is 19.4 Å². The Kier molecular flexibility index (Phi) is 9.48. The summed E-state index contributed by atoms with van der Waals surface area (Å²) in [6.45, 7) is 0.630. The molecule has 0 fully saturated rings. The molecule has 3 aromatic rings. The number of unbranched alkanes of at least 4 members (excludes halogenated alkanes) is 1. The Bertz CT molecular complexity index is 941. The Morgan fingerprint density at radius 1 is 0.788 bits per heavy atom. The van der Waals surface area contributed by atoms with Crippen LogP contribution < -0.4 is 11.1 Å². The minimum atomic E-state index is -0.838. The van der Waals surface area contributed by atoms with Crippen LogP contribution >= 0.6 is 0 Å². The van der Waals surface area contributed by atoms with Gasteiger partial charge in [0.25, 0.3) is 0 Å². The standard InChI is InChI=1S/C27H30N2O4/c28-19-11-10-18-24(29-27(31)32-20-21-12-4-1-5-13-21)26(30)33-25(22-14-6-2-7-15-22)23-16-8-3-9-17-23/h1-9,12-17,24-25H,10-11,18-20,28H2,(H,29,31)/t24-/m0/s1. The van der Waals surface area contributed by atoms with Crippen LogP contribution in [-0.2, 0) is 20.9 Å². The second-order valence-corrected chi connectivity index (χ2v) is 7.68. The maximum absolute atomic E-state index is 13.2. The topological polar surface area (TPSA) is 90.6 Å². The molecular weight excluding hydrogens is 416 g/mol. The van der Waals surface area contributed by atoms with E-state index in [4.69, 9.17) is 15.2 Å². The van der Waals surface area contributed by atoms with Gasteiger partial charge in [-0.2, -0.15) is 0 Å². The van der Waals surface area contributed by atoms with E-state index in [1.165, 1.54) is 0 Å². The first-order valence-electron chi connectivity index (χ1n) is 11.1. The molecule has 0 aliphatic carbocycles. The summed E-state index contributed by atoms with van der Waals surface area (Å²) in [4.78, 5) is 25.6. The Morgan fingerprint density at radius 2 is 1.33 bits per heavy atom. The van der Waals surface area contributed by atoms with Gasteiger partial charge in [0.15, 0.2) is 6.10 Å². The minimum absolute atomic E-state index is 0.119. The Balaban J connectivity index is 1.70. The summed E-state index contributed by atoms with van der Waals surface area (Å²) in [7, 11) is 0. The summed E-state index contributed by atoms with van der Waals surface area (Å²) >= 11 is 0. The molecule has 0 bridgehead atoms. The molecule has 0 aliphatic rings. The third-order valence-corrected chi connectivity index (χ3v) is 5.17. The summed E-state index contributed by atoms with van der Waals surface area (Å²) in [6, 6.07) is 27.6. The van der Waals surface area contributed by atoms with Gasteiger partial charge in [-0.25, -0.2) is 9.59 Å². The fourth-order valence-electron chi connectivity index (χ4n) is 3.43. The van der Waals surface area contributed by atoms with Crippen LogP contribution in [0.2, 0.25) is 0 Å². The lowest BCUT2D eigenvalue weighted by molar-refractivity contribution is -0.150. The van der Waals surface area contributed by atoms with Crippen LogP contribution in [0.3, 0.4) is 0 Å². The van der Waals surface area contributed by atoms with Crippen molar-refractivity contribution in [3.05, 3.63) is 108 Å². The second-order valence-electron chi connectivity index (χ2n) is 7.68. The highest BCUT2D eigenvalue weighted by Crippen LogP contribution is 2.26. The number of benzene rings is 3. The van der Waals surface area contributed by atoms with Crippen molar-refractivity contribution in [1.82, 2.24) is 5.32 Å². The fourth-order valence-corrected chi connectivity index (χ4v) is 3.43. The molecule has 1 amide bonds. The van der Waals surface area contributed by atoms with Gasteiger partial charge in [0.2, 0.25) is 0 Å². The molecule has 3 aromatic carbocycles. The molecule has 1 atom stereocenters. The first-order chi connectivity index (χ1) is 16.2. The molecule has 0 aromatic heterocycles. The average molecular weight is 447 g/mol. The van der Waals surface area contributed by atoms with E-state index in [1.54, 1.807) is 0 Å². The van der Waals surface area contributed by atoms with Crippen LogP contribution in [0.25, 0.3) is 0 Å². The number of esters is 1. The van der Waals surface area contributed by atoms with Gasteiger partial charge in [0.05, 0.1) is 0 Å². The van der Waals surface area contributed by atoms with Crippen molar-refractivity contribution in [2.75, 3.05) is 6.54 Å². The summed E-state index contributed by atoms with van der Waals surface area (Å²) in [6.07, 6.45) is 0.581. The number of hydrogen-bond donors (Lipinski definition) is 2. The highest BCUT2D eigenvalue weighted by atomic mass is 16.6. The van der Waals surface area contributed by atoms with E-state index in [2.05, 4.69) is 5.32 Å². The molecule has 0 saturated heterocycles. The molecule has 0 heterocycles. The summed E-state index contributed by atoms with van der Waals surface area (Å²) < 4.78 is 11.2. The summed E-state index contributed by atoms with van der Waals surface area (Å²) in [5.41, 5.74) is 8.18. The van der Waals surface area contributed by atoms with Gasteiger partial charge < -0.3 is 20.5 Å². The highest BCUT2D eigenvalue weighted by Gasteiger charge is 2.27. The molecule has 33 heavy (non-hydrogen) atoms. The van der Waals surface area contributed by atoms with E-state index >= 15 is 0 Å². The monoisotopic (exact) mass is 446 g/mol. The lowest BCUT2D eigenvalue weighted by atomic mass is 10.0. The van der Waals surface area contributed by atoms with Gasteiger partial charge in [0.1, 0.15) is 12.6 Å². The minimum Gasteiger partial charge on any atom is -0.451 e. The van der Waals surface area contributed by atoms with Crippen molar-refractivity contribution >= 4 is 12.1 Å². The Labute approximate surface area is 194 Å². The van der Waals surface area contributed by atoms with Crippen molar-refractivity contribution in [3.8, 4) is 0 Å². The molecule has 6 heteroatoms. The molecule has 0 unspecified atom stereocenters. The van der Waals surface area contributed by atoms with E-state index in [1.807, 2.05) is 91.0 Å². The maximum atomic E-state index is 13.2. The first kappa shape index (κ1) is 24.0. The SMILES string of the molecule is NCCCC[C@H](NC(=O)OCc1ccccc1)C(=O)OC(c1ccccc1)c1ccccc1. The predicted octanol–water partition coefficient (Wildman–Crippen LogP) is 4.74. The van der Waals surface area contributed by atoms with Crippen LogP contribution in [-0.4, -0.2) is 24.6 Å². The normalized spacial score (nSPS) is 11.6. The van der Waals surface area contributed by atoms with Gasteiger partial charge in [-0.3, -0.25) is 0 Å². The van der Waals surface area contributed by atoms with Crippen molar-refractivity contribution in [1.29, 1.82) is 0 Å². The lowest BCUT2D eigenvalue weighted by Crippen LogP contribution is -2.42. The van der Waals surface area contributed by atoms with E-state index in [0.717, 1.165) is 23.1 Å². The van der Waals surface area contributed by atoms with Gasteiger partial charge in [0, 0.05) is 0 Å². The third kappa shape index (κ3) is 7.77. The van der Waals surface area contributed by atoms with Crippen molar-refractivity contribution in [3.63, 3.8) is 0 Å². The van der Waals surface area contributed by atoms with Crippen LogP contribution in [0.1, 0.15) is 42.1 Å². The molecule has 6 nitrogen and oxygen atoms in total. The fraction of sp³-hybridized carbons (Fsp3) is 0.259. The number of nitrogens with one attached hydrogen (secondary N) is 1. The highest BCUT2D eigenvalue weighted by molar-refractivity contribution is 5.81. The number of hydrogen-bond acceptors (Lipinski definition) is 5. The molecular formula is C27H30N2O4. The molecule has 0 saturated carbocycles. The number of ether oxygens (including phenoxy) is 2. The average Bonchev–Trinajstić information content (AvgIpc) is 2.87. The maximum Gasteiger partial charge on any atom is 0.408 e. The van der Waals surface area contributed by atoms with Crippen molar-refractivity contribution in [2.45, 2.75) is 38.0 Å². The van der Waals surface area contributed by atoms with Gasteiger partial charge in [-0.15, -0.1) is 0 Å². The van der Waals surface area contributed by atoms with E-state index < -0.39 is 24.2 Å². The van der Waals surface area contributed by atoms with Gasteiger partial charge in [-0.1, -0.05) is 91.0 Å². The molecule has 0 radical (unpaired) electrons. The molecule has 0 aliphatic heterocycles. The molecule has 0 spiro atoms. The zero-order valence-electron chi connectivity index (χ0n) is 18.6. The van der Waals surface area contributed by atoms with E-state index in [-0.39, 0.29) is 6.61 Å². The molecule has 3 rings (SSSR count). The number of amides is 1. The number of alkyl carbamates (subject to hydrolysis) is 1. The van der Waals surface area contributed by atoms with Crippen LogP contribution in [0.15, 0.2) is 91.0 Å². The molecule has 3 N–H and O–H groups in total. The number of carbonyl (C=O) groups is 2. The third-order valence-electron chi connectivity index (χ3n) is 5.17. The first-order valence-corrected chi connectivity index (χ1v) is 11.1. The number of carbonyl (C=O) groups excluding carboxylic acids is 2. The van der Waals surface area contributed by atoms with Crippen LogP contribution in [0, 0.1) is 0 Å². The largest absolute Gasteiger partial charge is 0.451 e. The Hall–Kier alpha value is -3.64. The zero-order chi connectivity index (χ0) is 23.3. The van der Waals surface area contributed by atoms with Crippen molar-refractivity contribution in [2.24, 2.45) is 5.73 Å². The van der Waals surface area contributed by atoms with Crippen LogP contribution in [0.4, 0.5) is 4.79 Å². The second kappa shape index (κ2) is 13.0. The quantitative estimate of drug-likeness (QED) is 0.328. The summed E-state index contributed by atoms with van der Waals surface area (Å²) in [5, 5.41) is 2.68. The Morgan fingerprint density at radius 3 is 1.88 bits per heavy atom. The van der Waals surface area contributed by atoms with Crippen LogP contribution in [0.5, 0.6) is 0 Å². The van der Waals surface area contributed by atoms with Gasteiger partial charge >= 0.3 is 12.1 Å². The number of nitrogens with two attached hydrogens (primary N) is 1. The predicted molar refractivity (Wildman–Crippen MR) is 127 cm³/mol. The van der Waals surface area contributed by atoms with Gasteiger partial charge in [-0.05, 0) is 42.5 Å². The lowest BCUT2D eigenvalue weighted by Gasteiger charge is -2.23. The summed E-state index contributed by atoms with van der Waals surface area (Å²) in [5.74, 6) is -0.513. The number of rotatable bonds is 11. The zero-order valence-corrected chi connectivity index (χ0v) is 18.6. The van der Waals surface area contributed by atoms with Crippen molar-refractivity contribution < 1.29 is 19.1 Å². The smallest absolute Gasteiger partial charge is 0.408 e. The van der Waals surface area contributed by atoms with E-state index in [9.17, 15) is 9.59 Å². The molecule has 172 valence electrons.